The van der Waals surface area contributed by atoms with E-state index in [0.717, 1.165) is 5.39 Å². The average Bonchev–Trinajstić information content (AvgIpc) is 3.24. The molecule has 13 heteroatoms. The Balaban J connectivity index is 1.50. The number of hydrogen-bond donors (Lipinski definition) is 4. The lowest BCUT2D eigenvalue weighted by Crippen LogP contribution is -2.37. The highest BCUT2D eigenvalue weighted by atomic mass is 32.2. The molecule has 2 unspecified atom stereocenters. The number of aliphatic hydroxyl groups is 1. The Morgan fingerprint density at radius 2 is 1.64 bits per heavy atom. The summed E-state index contributed by atoms with van der Waals surface area (Å²) < 4.78 is 69.6. The molecule has 9 nitrogen and oxygen atoms in total. The van der Waals surface area contributed by atoms with E-state index in [4.69, 9.17) is 4.74 Å². The van der Waals surface area contributed by atoms with Crippen LogP contribution in [0.2, 0.25) is 0 Å². The van der Waals surface area contributed by atoms with Crippen LogP contribution in [0, 0.1) is 0 Å². The zero-order valence-electron chi connectivity index (χ0n) is 22.5. The summed E-state index contributed by atoms with van der Waals surface area (Å²) in [6.07, 6.45) is -0.462. The van der Waals surface area contributed by atoms with Crippen molar-refractivity contribution in [3.05, 3.63) is 95.7 Å². The van der Waals surface area contributed by atoms with Crippen molar-refractivity contribution in [2.45, 2.75) is 37.5 Å². The van der Waals surface area contributed by atoms with Gasteiger partial charge in [-0.15, -0.1) is 0 Å². The second kappa shape index (κ2) is 12.8. The van der Waals surface area contributed by atoms with Crippen LogP contribution in [-0.2, 0) is 23.0 Å². The molecule has 4 N–H and O–H groups in total. The van der Waals surface area contributed by atoms with Gasteiger partial charge in [0.05, 0.1) is 0 Å². The van der Waals surface area contributed by atoms with E-state index in [1.807, 2.05) is 31.2 Å². The number of halogens is 3. The number of nitrogens with one attached hydrogen (secondary N) is 2. The van der Waals surface area contributed by atoms with Crippen LogP contribution in [-0.4, -0.2) is 60.0 Å². The molecule has 0 bridgehead atoms. The topological polar surface area (TPSA) is 130 Å². The van der Waals surface area contributed by atoms with Gasteiger partial charge in [0.1, 0.15) is 24.2 Å². The summed E-state index contributed by atoms with van der Waals surface area (Å²) in [5, 5.41) is 24.5. The van der Waals surface area contributed by atoms with E-state index >= 15 is 0 Å². The van der Waals surface area contributed by atoms with Gasteiger partial charge in [-0.2, -0.15) is 21.6 Å². The molecule has 3 aromatic carbocycles. The number of fused-ring (bicyclic) bond motifs is 1. The van der Waals surface area contributed by atoms with E-state index in [9.17, 15) is 36.6 Å². The van der Waals surface area contributed by atoms with Crippen molar-refractivity contribution >= 4 is 32.6 Å². The largest absolute Gasteiger partial charge is 0.516 e. The lowest BCUT2D eigenvalue weighted by molar-refractivity contribution is -0.0429. The van der Waals surface area contributed by atoms with Crippen LogP contribution < -0.4 is 14.8 Å². The fraction of sp³-hybridized carbons (Fsp3) is 0.276. The Kier molecular flexibility index (Phi) is 9.44. The number of carboxylic acid groups (broad SMARTS) is 1. The number of rotatable bonds is 13. The van der Waals surface area contributed by atoms with Crippen LogP contribution in [0.15, 0.2) is 78.9 Å². The number of carboxylic acids is 1. The third-order valence-corrected chi connectivity index (χ3v) is 7.64. The molecule has 224 valence electrons. The van der Waals surface area contributed by atoms with Crippen molar-refractivity contribution in [1.29, 1.82) is 0 Å². The Morgan fingerprint density at radius 3 is 2.29 bits per heavy atom. The number of ether oxygens (including phenoxy) is 1. The number of aromatic carboxylic acids is 1. The van der Waals surface area contributed by atoms with Crippen molar-refractivity contribution in [1.82, 2.24) is 9.88 Å². The van der Waals surface area contributed by atoms with Crippen molar-refractivity contribution in [3.63, 3.8) is 0 Å². The molecule has 0 amide bonds. The van der Waals surface area contributed by atoms with Crippen molar-refractivity contribution in [3.8, 4) is 5.75 Å². The lowest BCUT2D eigenvalue weighted by Gasteiger charge is -2.18. The first-order chi connectivity index (χ1) is 19.9. The third kappa shape index (κ3) is 7.41. The molecule has 0 radical (unpaired) electrons. The molecule has 0 saturated carbocycles. The lowest BCUT2D eigenvalue weighted by atomic mass is 10.0. The van der Waals surface area contributed by atoms with E-state index in [0.29, 0.717) is 28.8 Å². The maximum absolute atomic E-state index is 12.7. The highest BCUT2D eigenvalue weighted by Gasteiger charge is 2.46. The molecule has 0 spiro atoms. The highest BCUT2D eigenvalue weighted by Crippen LogP contribution is 2.30. The number of aliphatic hydroxyl groups excluding tert-OH is 1. The molecule has 0 aliphatic carbocycles. The molecule has 0 saturated heterocycles. The third-order valence-electron chi connectivity index (χ3n) is 6.53. The SMILES string of the molecule is CC(Cc1c(C(=O)O)n(Cc2ccc(NS(=O)(=O)C(F)(F)F)cc2)c2ccccc12)NCC(O)COc1ccccc1. The molecular formula is C29H30F3N3O6S. The van der Waals surface area contributed by atoms with Gasteiger partial charge < -0.3 is 24.8 Å². The van der Waals surface area contributed by atoms with Gasteiger partial charge in [-0.3, -0.25) is 4.72 Å². The van der Waals surface area contributed by atoms with E-state index in [1.165, 1.54) is 29.0 Å². The molecule has 2 atom stereocenters. The molecule has 4 rings (SSSR count). The monoisotopic (exact) mass is 605 g/mol. The first-order valence-electron chi connectivity index (χ1n) is 13.0. The Labute approximate surface area is 240 Å². The van der Waals surface area contributed by atoms with Gasteiger partial charge >= 0.3 is 21.5 Å². The number of benzene rings is 3. The summed E-state index contributed by atoms with van der Waals surface area (Å²) >= 11 is 0. The van der Waals surface area contributed by atoms with Gasteiger partial charge in [0.25, 0.3) is 0 Å². The van der Waals surface area contributed by atoms with Crippen LogP contribution >= 0.6 is 0 Å². The summed E-state index contributed by atoms with van der Waals surface area (Å²) in [5.41, 5.74) is -3.89. The van der Waals surface area contributed by atoms with Gasteiger partial charge in [-0.25, -0.2) is 4.79 Å². The minimum Gasteiger partial charge on any atom is -0.491 e. The predicted octanol–water partition coefficient (Wildman–Crippen LogP) is 4.61. The number of hydrogen-bond acceptors (Lipinski definition) is 6. The van der Waals surface area contributed by atoms with Crippen LogP contribution in [0.25, 0.3) is 10.9 Å². The zero-order chi connectivity index (χ0) is 30.5. The fourth-order valence-corrected chi connectivity index (χ4v) is 5.11. The second-order valence-corrected chi connectivity index (χ2v) is 11.4. The first kappa shape index (κ1) is 30.9. The number of sulfonamides is 1. The number of carbonyl (C=O) groups is 1. The molecule has 1 heterocycles. The molecule has 4 aromatic rings. The molecular weight excluding hydrogens is 575 g/mol. The normalized spacial score (nSPS) is 13.5. The fourth-order valence-electron chi connectivity index (χ4n) is 4.55. The standard InChI is InChI=1S/C29H30F3N3O6S/c1-19(33-16-22(36)18-41-23-7-3-2-4-8-23)15-25-24-9-5-6-10-26(24)35(27(25)28(37)38)17-20-11-13-21(14-12-20)34-42(39,40)29(30,31)32/h2-14,19,22,33-34,36H,15-18H2,1H3,(H,37,38). The van der Waals surface area contributed by atoms with Gasteiger partial charge in [0.2, 0.25) is 0 Å². The number of alkyl halides is 3. The Morgan fingerprint density at radius 1 is 1.00 bits per heavy atom. The summed E-state index contributed by atoms with van der Waals surface area (Å²) in [6, 6.07) is 21.3. The maximum Gasteiger partial charge on any atom is 0.516 e. The second-order valence-electron chi connectivity index (χ2n) is 9.78. The van der Waals surface area contributed by atoms with Gasteiger partial charge in [0, 0.05) is 35.7 Å². The van der Waals surface area contributed by atoms with E-state index in [2.05, 4.69) is 5.32 Å². The van der Waals surface area contributed by atoms with E-state index in [-0.39, 0.29) is 37.1 Å². The summed E-state index contributed by atoms with van der Waals surface area (Å²) in [7, 11) is -5.57. The Bertz CT molecular complexity index is 1620. The van der Waals surface area contributed by atoms with E-state index < -0.39 is 27.6 Å². The van der Waals surface area contributed by atoms with Gasteiger partial charge in [0.15, 0.2) is 0 Å². The minimum atomic E-state index is -5.57. The Hall–Kier alpha value is -4.07. The van der Waals surface area contributed by atoms with Crippen molar-refractivity contribution < 1.29 is 41.3 Å². The average molecular weight is 606 g/mol. The van der Waals surface area contributed by atoms with Crippen LogP contribution in [0.1, 0.15) is 28.5 Å². The number of para-hydroxylation sites is 2. The van der Waals surface area contributed by atoms with Crippen LogP contribution in [0.5, 0.6) is 5.75 Å². The summed E-state index contributed by atoms with van der Waals surface area (Å²) in [5.74, 6) is -0.514. The zero-order valence-corrected chi connectivity index (χ0v) is 23.3. The number of nitrogens with zero attached hydrogens (tertiary/aromatic N) is 1. The molecule has 1 aromatic heterocycles. The quantitative estimate of drug-likeness (QED) is 0.175. The van der Waals surface area contributed by atoms with Gasteiger partial charge in [-0.05, 0) is 54.8 Å². The van der Waals surface area contributed by atoms with Crippen LogP contribution in [0.3, 0.4) is 0 Å². The molecule has 42 heavy (non-hydrogen) atoms. The highest BCUT2D eigenvalue weighted by molar-refractivity contribution is 7.93. The number of anilines is 1. The smallest absolute Gasteiger partial charge is 0.491 e. The maximum atomic E-state index is 12.7. The van der Waals surface area contributed by atoms with Crippen molar-refractivity contribution in [2.24, 2.45) is 0 Å². The molecule has 0 fully saturated rings. The minimum absolute atomic E-state index is 0.0552. The molecule has 0 aliphatic heterocycles. The van der Waals surface area contributed by atoms with Crippen LogP contribution in [0.4, 0.5) is 18.9 Å². The summed E-state index contributed by atoms with van der Waals surface area (Å²) in [6.45, 7) is 2.26. The van der Waals surface area contributed by atoms with E-state index in [1.54, 1.807) is 34.9 Å². The summed E-state index contributed by atoms with van der Waals surface area (Å²) in [4.78, 5) is 12.5. The van der Waals surface area contributed by atoms with Crippen molar-refractivity contribution in [2.75, 3.05) is 17.9 Å². The first-order valence-corrected chi connectivity index (χ1v) is 14.4. The van der Waals surface area contributed by atoms with Gasteiger partial charge in [-0.1, -0.05) is 48.5 Å². The predicted molar refractivity (Wildman–Crippen MR) is 152 cm³/mol. The molecule has 0 aliphatic rings. The number of aromatic nitrogens is 1.